The molecular weight excluding hydrogens is 332 g/mol. The molecule has 0 heterocycles. The van der Waals surface area contributed by atoms with E-state index in [9.17, 15) is 8.42 Å². The second kappa shape index (κ2) is 8.32. The van der Waals surface area contributed by atoms with Crippen LogP contribution in [0, 0.1) is 0 Å². The van der Waals surface area contributed by atoms with Crippen molar-refractivity contribution in [1.29, 1.82) is 0 Å². The Kier molecular flexibility index (Phi) is 6.39. The summed E-state index contributed by atoms with van der Waals surface area (Å²) in [6.45, 7) is 4.65. The van der Waals surface area contributed by atoms with Gasteiger partial charge in [-0.1, -0.05) is 50.3 Å². The van der Waals surface area contributed by atoms with E-state index in [1.165, 1.54) is 4.31 Å². The molecule has 0 fully saturated rings. The fourth-order valence-electron chi connectivity index (χ4n) is 2.54. The molecule has 2 rings (SSSR count). The van der Waals surface area contributed by atoms with Crippen molar-refractivity contribution in [1.82, 2.24) is 4.31 Å². The van der Waals surface area contributed by atoms with Gasteiger partial charge in [-0.15, -0.1) is 0 Å². The third kappa shape index (κ3) is 4.71. The van der Waals surface area contributed by atoms with Crippen molar-refractivity contribution in [3.63, 3.8) is 0 Å². The Labute approximate surface area is 151 Å². The van der Waals surface area contributed by atoms with Gasteiger partial charge in [0.2, 0.25) is 10.0 Å². The Bertz CT molecular complexity index is 804. The topological polar surface area (TPSA) is 40.6 Å². The van der Waals surface area contributed by atoms with Gasteiger partial charge >= 0.3 is 0 Å². The minimum atomic E-state index is -3.39. The first-order valence-electron chi connectivity index (χ1n) is 8.44. The molecule has 2 aromatic rings. The molecule has 0 aliphatic heterocycles. The van der Waals surface area contributed by atoms with Crippen molar-refractivity contribution in [2.24, 2.45) is 0 Å². The highest BCUT2D eigenvalue weighted by Gasteiger charge is 2.20. The molecule has 0 N–H and O–H groups in total. The maximum atomic E-state index is 12.5. The van der Waals surface area contributed by atoms with Crippen LogP contribution in [-0.2, 0) is 10.0 Å². The van der Waals surface area contributed by atoms with E-state index in [0.717, 1.165) is 16.8 Å². The molecule has 0 atom stereocenters. The molecule has 0 radical (unpaired) electrons. The van der Waals surface area contributed by atoms with Crippen LogP contribution in [0.5, 0.6) is 0 Å². The van der Waals surface area contributed by atoms with Crippen LogP contribution >= 0.6 is 0 Å². The summed E-state index contributed by atoms with van der Waals surface area (Å²) in [6, 6.07) is 15.3. The summed E-state index contributed by atoms with van der Waals surface area (Å²) < 4.78 is 26.4. The molecule has 0 aliphatic carbocycles. The van der Waals surface area contributed by atoms with Gasteiger partial charge in [-0.3, -0.25) is 0 Å². The predicted molar refractivity (Wildman–Crippen MR) is 106 cm³/mol. The minimum Gasteiger partial charge on any atom is -0.378 e. The molecular formula is C20H26N2O2S. The summed E-state index contributed by atoms with van der Waals surface area (Å²) in [7, 11) is 0.632. The number of benzene rings is 2. The van der Waals surface area contributed by atoms with E-state index in [1.54, 1.807) is 12.1 Å². The lowest BCUT2D eigenvalue weighted by Crippen LogP contribution is -2.30. The number of hydrogen-bond acceptors (Lipinski definition) is 3. The van der Waals surface area contributed by atoms with E-state index in [-0.39, 0.29) is 0 Å². The molecule has 5 heteroatoms. The van der Waals surface area contributed by atoms with Gasteiger partial charge in [0.1, 0.15) is 0 Å². The van der Waals surface area contributed by atoms with Gasteiger partial charge in [0.05, 0.1) is 4.90 Å². The van der Waals surface area contributed by atoms with Crippen LogP contribution in [-0.4, -0.2) is 39.9 Å². The first-order chi connectivity index (χ1) is 11.9. The van der Waals surface area contributed by atoms with E-state index in [0.29, 0.717) is 18.0 Å². The number of sulfonamides is 1. The van der Waals surface area contributed by atoms with E-state index < -0.39 is 10.0 Å². The predicted octanol–water partition coefficient (Wildman–Crippen LogP) is 3.95. The van der Waals surface area contributed by atoms with Crippen molar-refractivity contribution < 1.29 is 8.42 Å². The molecule has 0 saturated heterocycles. The fraction of sp³-hybridized carbons (Fsp3) is 0.300. The first kappa shape index (κ1) is 19.2. The summed E-state index contributed by atoms with van der Waals surface area (Å²) in [5.41, 5.74) is 3.23. The van der Waals surface area contributed by atoms with E-state index in [1.807, 2.05) is 52.2 Å². The Morgan fingerprint density at radius 1 is 0.800 bits per heavy atom. The molecule has 0 aromatic heterocycles. The molecule has 4 nitrogen and oxygen atoms in total. The van der Waals surface area contributed by atoms with Crippen molar-refractivity contribution in [3.05, 3.63) is 59.7 Å². The van der Waals surface area contributed by atoms with Crippen LogP contribution in [0.25, 0.3) is 12.2 Å². The molecule has 0 aliphatic rings. The standard InChI is InChI=1S/C20H26N2O2S/c1-5-22(6-2)25(23,24)20-15-11-18(12-16-20)8-7-17-9-13-19(14-10-17)21(3)4/h7-16H,5-6H2,1-4H3. The van der Waals surface area contributed by atoms with Crippen LogP contribution in [0.4, 0.5) is 5.69 Å². The summed E-state index contributed by atoms with van der Waals surface area (Å²) >= 11 is 0. The van der Waals surface area contributed by atoms with E-state index >= 15 is 0 Å². The van der Waals surface area contributed by atoms with Crippen LogP contribution < -0.4 is 4.90 Å². The SMILES string of the molecule is CCN(CC)S(=O)(=O)c1ccc(C=Cc2ccc(N(C)C)cc2)cc1. The lowest BCUT2D eigenvalue weighted by Gasteiger charge is -2.18. The number of nitrogens with zero attached hydrogens (tertiary/aromatic N) is 2. The van der Waals surface area contributed by atoms with Gasteiger partial charge in [0.15, 0.2) is 0 Å². The van der Waals surface area contributed by atoms with Gasteiger partial charge in [-0.25, -0.2) is 8.42 Å². The Morgan fingerprint density at radius 3 is 1.64 bits per heavy atom. The first-order valence-corrected chi connectivity index (χ1v) is 9.88. The largest absolute Gasteiger partial charge is 0.378 e. The van der Waals surface area contributed by atoms with Crippen molar-refractivity contribution in [2.45, 2.75) is 18.7 Å². The zero-order valence-corrected chi connectivity index (χ0v) is 16.1. The molecule has 134 valence electrons. The molecule has 0 saturated carbocycles. The Morgan fingerprint density at radius 2 is 1.24 bits per heavy atom. The second-order valence-corrected chi connectivity index (χ2v) is 7.92. The fourth-order valence-corrected chi connectivity index (χ4v) is 4.00. The highest BCUT2D eigenvalue weighted by atomic mass is 32.2. The average molecular weight is 359 g/mol. The Balaban J connectivity index is 2.15. The van der Waals surface area contributed by atoms with Crippen LogP contribution in [0.15, 0.2) is 53.4 Å². The van der Waals surface area contributed by atoms with Gasteiger partial charge in [0.25, 0.3) is 0 Å². The zero-order valence-electron chi connectivity index (χ0n) is 15.3. The number of anilines is 1. The van der Waals surface area contributed by atoms with Gasteiger partial charge < -0.3 is 4.90 Å². The van der Waals surface area contributed by atoms with Crippen LogP contribution in [0.3, 0.4) is 0 Å². The second-order valence-electron chi connectivity index (χ2n) is 5.98. The van der Waals surface area contributed by atoms with E-state index in [4.69, 9.17) is 0 Å². The summed E-state index contributed by atoms with van der Waals surface area (Å²) in [6.07, 6.45) is 4.01. The normalized spacial score (nSPS) is 12.0. The van der Waals surface area contributed by atoms with Gasteiger partial charge in [-0.05, 0) is 35.4 Å². The maximum absolute atomic E-state index is 12.5. The van der Waals surface area contributed by atoms with Gasteiger partial charge in [-0.2, -0.15) is 4.31 Å². The van der Waals surface area contributed by atoms with Crippen LogP contribution in [0.1, 0.15) is 25.0 Å². The van der Waals surface area contributed by atoms with Crippen LogP contribution in [0.2, 0.25) is 0 Å². The van der Waals surface area contributed by atoms with Crippen molar-refractivity contribution in [3.8, 4) is 0 Å². The zero-order chi connectivity index (χ0) is 18.4. The smallest absolute Gasteiger partial charge is 0.243 e. The van der Waals surface area contributed by atoms with E-state index in [2.05, 4.69) is 29.2 Å². The van der Waals surface area contributed by atoms with Gasteiger partial charge in [0, 0.05) is 32.9 Å². The summed E-state index contributed by atoms with van der Waals surface area (Å²) in [5, 5.41) is 0. The molecule has 0 amide bonds. The third-order valence-electron chi connectivity index (χ3n) is 4.10. The molecule has 0 spiro atoms. The third-order valence-corrected chi connectivity index (χ3v) is 6.17. The highest BCUT2D eigenvalue weighted by Crippen LogP contribution is 2.18. The van der Waals surface area contributed by atoms with Crippen molar-refractivity contribution in [2.75, 3.05) is 32.1 Å². The molecule has 0 unspecified atom stereocenters. The highest BCUT2D eigenvalue weighted by molar-refractivity contribution is 7.89. The molecule has 2 aromatic carbocycles. The number of rotatable bonds is 7. The lowest BCUT2D eigenvalue weighted by molar-refractivity contribution is 0.445. The quantitative estimate of drug-likeness (QED) is 0.704. The average Bonchev–Trinajstić information content (AvgIpc) is 2.61. The lowest BCUT2D eigenvalue weighted by atomic mass is 10.1. The molecule has 25 heavy (non-hydrogen) atoms. The molecule has 0 bridgehead atoms. The Hall–Kier alpha value is -2.11. The maximum Gasteiger partial charge on any atom is 0.243 e. The minimum absolute atomic E-state index is 0.337. The monoisotopic (exact) mass is 358 g/mol. The number of hydrogen-bond donors (Lipinski definition) is 0. The summed E-state index contributed by atoms with van der Waals surface area (Å²) in [5.74, 6) is 0. The van der Waals surface area contributed by atoms with Crippen molar-refractivity contribution >= 4 is 27.9 Å². The summed E-state index contributed by atoms with van der Waals surface area (Å²) in [4.78, 5) is 2.39.